The van der Waals surface area contributed by atoms with Crippen LogP contribution in [-0.2, 0) is 4.74 Å². The molecule has 0 amide bonds. The molecule has 1 aliphatic heterocycles. The molecular formula is C15H21NO3. The number of nitrogens with one attached hydrogen (secondary N) is 1. The fraction of sp³-hybridized carbons (Fsp3) is 0.533. The molecule has 2 atom stereocenters. The fourth-order valence-electron chi connectivity index (χ4n) is 2.67. The van der Waals surface area contributed by atoms with Gasteiger partial charge in [0.25, 0.3) is 0 Å². The second kappa shape index (κ2) is 6.17. The van der Waals surface area contributed by atoms with Gasteiger partial charge in [-0.05, 0) is 25.5 Å². The quantitative estimate of drug-likeness (QED) is 0.808. The SMILES string of the molecule is CCOC(=O)c1ccc(C)cc1[C@@H]1CNC[C@H]1CO. The van der Waals surface area contributed by atoms with Gasteiger partial charge in [0.1, 0.15) is 0 Å². The summed E-state index contributed by atoms with van der Waals surface area (Å²) in [6, 6.07) is 5.79. The summed E-state index contributed by atoms with van der Waals surface area (Å²) >= 11 is 0. The van der Waals surface area contributed by atoms with Crippen molar-refractivity contribution in [3.8, 4) is 0 Å². The van der Waals surface area contributed by atoms with Crippen LogP contribution in [0.2, 0.25) is 0 Å². The fourth-order valence-corrected chi connectivity index (χ4v) is 2.67. The lowest BCUT2D eigenvalue weighted by Gasteiger charge is -2.20. The van der Waals surface area contributed by atoms with Gasteiger partial charge in [-0.1, -0.05) is 17.7 Å². The Hall–Kier alpha value is -1.39. The number of ether oxygens (including phenoxy) is 1. The third-order valence-corrected chi connectivity index (χ3v) is 3.68. The maximum Gasteiger partial charge on any atom is 0.338 e. The summed E-state index contributed by atoms with van der Waals surface area (Å²) in [5.74, 6) is 0.0559. The molecule has 1 aromatic rings. The molecule has 4 heteroatoms. The smallest absolute Gasteiger partial charge is 0.338 e. The summed E-state index contributed by atoms with van der Waals surface area (Å²) in [6.45, 7) is 5.90. The predicted molar refractivity (Wildman–Crippen MR) is 73.3 cm³/mol. The first-order chi connectivity index (χ1) is 9.17. The van der Waals surface area contributed by atoms with Crippen LogP contribution in [0.3, 0.4) is 0 Å². The van der Waals surface area contributed by atoms with Crippen LogP contribution in [0.1, 0.15) is 34.3 Å². The normalized spacial score (nSPS) is 22.5. The molecule has 0 saturated carbocycles. The van der Waals surface area contributed by atoms with Crippen molar-refractivity contribution in [1.29, 1.82) is 0 Å². The van der Waals surface area contributed by atoms with E-state index in [2.05, 4.69) is 5.32 Å². The number of carbonyl (C=O) groups is 1. The number of aliphatic hydroxyl groups excluding tert-OH is 1. The Morgan fingerprint density at radius 3 is 2.95 bits per heavy atom. The first kappa shape index (κ1) is 14.0. The highest BCUT2D eigenvalue weighted by molar-refractivity contribution is 5.91. The molecule has 4 nitrogen and oxygen atoms in total. The van der Waals surface area contributed by atoms with E-state index in [4.69, 9.17) is 4.74 Å². The summed E-state index contributed by atoms with van der Waals surface area (Å²) in [4.78, 5) is 12.0. The Kier molecular flexibility index (Phi) is 4.56. The predicted octanol–water partition coefficient (Wildman–Crippen LogP) is 1.47. The molecule has 0 radical (unpaired) electrons. The van der Waals surface area contributed by atoms with Gasteiger partial charge in [0.15, 0.2) is 0 Å². The average molecular weight is 263 g/mol. The van der Waals surface area contributed by atoms with Gasteiger partial charge in [-0.15, -0.1) is 0 Å². The number of hydrogen-bond donors (Lipinski definition) is 2. The van der Waals surface area contributed by atoms with Crippen LogP contribution < -0.4 is 5.32 Å². The maximum absolute atomic E-state index is 12.0. The Morgan fingerprint density at radius 1 is 1.47 bits per heavy atom. The molecule has 1 fully saturated rings. The number of hydrogen-bond acceptors (Lipinski definition) is 4. The topological polar surface area (TPSA) is 58.6 Å². The van der Waals surface area contributed by atoms with Crippen molar-refractivity contribution in [2.75, 3.05) is 26.3 Å². The van der Waals surface area contributed by atoms with E-state index in [0.717, 1.165) is 24.2 Å². The van der Waals surface area contributed by atoms with Crippen LogP contribution in [0.25, 0.3) is 0 Å². The zero-order valence-electron chi connectivity index (χ0n) is 11.5. The number of carbonyl (C=O) groups excluding carboxylic acids is 1. The van der Waals surface area contributed by atoms with Crippen molar-refractivity contribution in [3.63, 3.8) is 0 Å². The first-order valence-corrected chi connectivity index (χ1v) is 6.76. The number of aryl methyl sites for hydroxylation is 1. The summed E-state index contributed by atoms with van der Waals surface area (Å²) < 4.78 is 5.12. The van der Waals surface area contributed by atoms with E-state index in [-0.39, 0.29) is 24.4 Å². The standard InChI is InChI=1S/C15H21NO3/c1-3-19-15(18)12-5-4-10(2)6-13(12)14-8-16-7-11(14)9-17/h4-6,11,14,16-17H,3,7-9H2,1-2H3/t11-,14+/m0/s1. The van der Waals surface area contributed by atoms with Gasteiger partial charge >= 0.3 is 5.97 Å². The van der Waals surface area contributed by atoms with Crippen LogP contribution in [-0.4, -0.2) is 37.4 Å². The molecule has 2 rings (SSSR count). The van der Waals surface area contributed by atoms with Gasteiger partial charge in [0, 0.05) is 31.5 Å². The lowest BCUT2D eigenvalue weighted by molar-refractivity contribution is 0.0524. The van der Waals surface area contributed by atoms with Crippen LogP contribution in [0.15, 0.2) is 18.2 Å². The van der Waals surface area contributed by atoms with E-state index in [9.17, 15) is 9.90 Å². The van der Waals surface area contributed by atoms with Gasteiger partial charge < -0.3 is 15.2 Å². The zero-order chi connectivity index (χ0) is 13.8. The van der Waals surface area contributed by atoms with Crippen molar-refractivity contribution < 1.29 is 14.6 Å². The Bertz CT molecular complexity index is 459. The molecule has 19 heavy (non-hydrogen) atoms. The molecule has 2 N–H and O–H groups in total. The number of benzene rings is 1. The zero-order valence-corrected chi connectivity index (χ0v) is 11.5. The van der Waals surface area contributed by atoms with Crippen molar-refractivity contribution in [2.45, 2.75) is 19.8 Å². The van der Waals surface area contributed by atoms with Gasteiger partial charge in [-0.25, -0.2) is 4.79 Å². The average Bonchev–Trinajstić information content (AvgIpc) is 2.86. The van der Waals surface area contributed by atoms with Crippen molar-refractivity contribution in [2.24, 2.45) is 5.92 Å². The van der Waals surface area contributed by atoms with E-state index >= 15 is 0 Å². The monoisotopic (exact) mass is 263 g/mol. The van der Waals surface area contributed by atoms with Crippen molar-refractivity contribution >= 4 is 5.97 Å². The number of rotatable bonds is 4. The molecule has 0 aromatic heterocycles. The first-order valence-electron chi connectivity index (χ1n) is 6.76. The van der Waals surface area contributed by atoms with Crippen LogP contribution in [0.4, 0.5) is 0 Å². The van der Waals surface area contributed by atoms with Gasteiger partial charge in [0.05, 0.1) is 12.2 Å². The van der Waals surface area contributed by atoms with Gasteiger partial charge in [-0.3, -0.25) is 0 Å². The van der Waals surface area contributed by atoms with E-state index in [1.807, 2.05) is 25.1 Å². The summed E-state index contributed by atoms with van der Waals surface area (Å²) in [5.41, 5.74) is 2.73. The molecule has 1 saturated heterocycles. The molecule has 0 bridgehead atoms. The Morgan fingerprint density at radius 2 is 2.26 bits per heavy atom. The molecular weight excluding hydrogens is 242 g/mol. The van der Waals surface area contributed by atoms with E-state index in [1.54, 1.807) is 6.92 Å². The van der Waals surface area contributed by atoms with Gasteiger partial charge in [-0.2, -0.15) is 0 Å². The number of esters is 1. The van der Waals surface area contributed by atoms with E-state index < -0.39 is 0 Å². The largest absolute Gasteiger partial charge is 0.462 e. The number of aliphatic hydroxyl groups is 1. The molecule has 1 aliphatic rings. The Labute approximate surface area is 113 Å². The minimum Gasteiger partial charge on any atom is -0.462 e. The molecule has 1 aromatic carbocycles. The summed E-state index contributed by atoms with van der Waals surface area (Å²) in [7, 11) is 0. The second-order valence-corrected chi connectivity index (χ2v) is 5.02. The minimum atomic E-state index is -0.277. The minimum absolute atomic E-state index is 0.133. The molecule has 0 unspecified atom stereocenters. The van der Waals surface area contributed by atoms with E-state index in [0.29, 0.717) is 12.2 Å². The third kappa shape index (κ3) is 2.96. The summed E-state index contributed by atoms with van der Waals surface area (Å²) in [5, 5.41) is 12.7. The maximum atomic E-state index is 12.0. The highest BCUT2D eigenvalue weighted by atomic mass is 16.5. The lowest BCUT2D eigenvalue weighted by Crippen LogP contribution is -2.18. The second-order valence-electron chi connectivity index (χ2n) is 5.02. The van der Waals surface area contributed by atoms with Crippen molar-refractivity contribution in [1.82, 2.24) is 5.32 Å². The van der Waals surface area contributed by atoms with Gasteiger partial charge in [0.2, 0.25) is 0 Å². The molecule has 104 valence electrons. The highest BCUT2D eigenvalue weighted by Crippen LogP contribution is 2.31. The highest BCUT2D eigenvalue weighted by Gasteiger charge is 2.31. The Balaban J connectivity index is 2.37. The lowest BCUT2D eigenvalue weighted by atomic mass is 9.85. The van der Waals surface area contributed by atoms with E-state index in [1.165, 1.54) is 0 Å². The molecule has 1 heterocycles. The molecule has 0 spiro atoms. The van der Waals surface area contributed by atoms with Crippen LogP contribution in [0, 0.1) is 12.8 Å². The van der Waals surface area contributed by atoms with Crippen LogP contribution in [0.5, 0.6) is 0 Å². The third-order valence-electron chi connectivity index (χ3n) is 3.68. The molecule has 0 aliphatic carbocycles. The summed E-state index contributed by atoms with van der Waals surface area (Å²) in [6.07, 6.45) is 0. The van der Waals surface area contributed by atoms with Crippen LogP contribution >= 0.6 is 0 Å². The van der Waals surface area contributed by atoms with Crippen molar-refractivity contribution in [3.05, 3.63) is 34.9 Å².